The first-order valence-electron chi connectivity index (χ1n) is 5.21. The third-order valence-corrected chi connectivity index (χ3v) is 3.21. The molecule has 1 unspecified atom stereocenters. The molecule has 0 aromatic heterocycles. The summed E-state index contributed by atoms with van der Waals surface area (Å²) in [6.45, 7) is 3.15. The van der Waals surface area contributed by atoms with Crippen molar-refractivity contribution >= 4 is 0 Å². The first-order chi connectivity index (χ1) is 6.74. The highest BCUT2D eigenvalue weighted by Crippen LogP contribution is 2.35. The molecule has 1 atom stereocenters. The zero-order chi connectivity index (χ0) is 10.1. The van der Waals surface area contributed by atoms with Gasteiger partial charge >= 0.3 is 0 Å². The predicted octanol–water partition coefficient (Wildman–Crippen LogP) is 2.76. The molecule has 2 heteroatoms. The van der Waals surface area contributed by atoms with Gasteiger partial charge in [-0.1, -0.05) is 19.1 Å². The molecule has 1 aliphatic rings. The number of hydrogen-bond donors (Lipinski definition) is 0. The van der Waals surface area contributed by atoms with Crippen molar-refractivity contribution in [3.8, 4) is 0 Å². The summed E-state index contributed by atoms with van der Waals surface area (Å²) in [7, 11) is 2.10. The van der Waals surface area contributed by atoms with Crippen LogP contribution in [0.25, 0.3) is 0 Å². The van der Waals surface area contributed by atoms with Gasteiger partial charge < -0.3 is 0 Å². The second kappa shape index (κ2) is 3.70. The third-order valence-electron chi connectivity index (χ3n) is 3.21. The summed E-state index contributed by atoms with van der Waals surface area (Å²) in [4.78, 5) is 2.28. The lowest BCUT2D eigenvalue weighted by molar-refractivity contribution is 0.257. The van der Waals surface area contributed by atoms with Gasteiger partial charge in [-0.05, 0) is 43.6 Å². The molecule has 1 aromatic carbocycles. The van der Waals surface area contributed by atoms with Crippen molar-refractivity contribution in [2.75, 3.05) is 13.6 Å². The Morgan fingerprint density at radius 2 is 2.29 bits per heavy atom. The highest BCUT2D eigenvalue weighted by atomic mass is 19.1. The van der Waals surface area contributed by atoms with Gasteiger partial charge in [0.2, 0.25) is 0 Å². The van der Waals surface area contributed by atoms with Gasteiger partial charge in [-0.3, -0.25) is 4.90 Å². The van der Waals surface area contributed by atoms with E-state index in [0.717, 1.165) is 24.9 Å². The lowest BCUT2D eigenvalue weighted by Gasteiger charge is -2.23. The smallest absolute Gasteiger partial charge is 0.126 e. The van der Waals surface area contributed by atoms with Crippen LogP contribution in [-0.4, -0.2) is 18.5 Å². The van der Waals surface area contributed by atoms with Crippen molar-refractivity contribution in [2.24, 2.45) is 0 Å². The Bertz CT molecular complexity index is 335. The van der Waals surface area contributed by atoms with Gasteiger partial charge in [0.05, 0.1) is 0 Å². The molecule has 0 amide bonds. The van der Waals surface area contributed by atoms with E-state index in [1.54, 1.807) is 6.07 Å². The first kappa shape index (κ1) is 9.66. The maximum atomic E-state index is 13.4. The summed E-state index contributed by atoms with van der Waals surface area (Å²) < 4.78 is 13.4. The van der Waals surface area contributed by atoms with E-state index in [2.05, 4.69) is 24.9 Å². The van der Waals surface area contributed by atoms with Crippen LogP contribution in [0.1, 0.15) is 30.5 Å². The van der Waals surface area contributed by atoms with E-state index in [4.69, 9.17) is 0 Å². The van der Waals surface area contributed by atoms with Gasteiger partial charge in [0.15, 0.2) is 0 Å². The summed E-state index contributed by atoms with van der Waals surface area (Å²) >= 11 is 0. The molecule has 0 bridgehead atoms. The Morgan fingerprint density at radius 1 is 1.50 bits per heavy atom. The van der Waals surface area contributed by atoms with Gasteiger partial charge in [0, 0.05) is 6.04 Å². The van der Waals surface area contributed by atoms with Crippen LogP contribution in [0.2, 0.25) is 0 Å². The molecule has 1 aliphatic carbocycles. The van der Waals surface area contributed by atoms with Crippen LogP contribution in [0.3, 0.4) is 0 Å². The van der Waals surface area contributed by atoms with Crippen LogP contribution in [0.5, 0.6) is 0 Å². The normalized spacial score (nSPS) is 20.1. The fourth-order valence-corrected chi connectivity index (χ4v) is 2.27. The fourth-order valence-electron chi connectivity index (χ4n) is 2.27. The molecule has 0 radical (unpaired) electrons. The van der Waals surface area contributed by atoms with E-state index in [0.29, 0.717) is 6.04 Å². The largest absolute Gasteiger partial charge is 0.300 e. The van der Waals surface area contributed by atoms with Crippen LogP contribution in [0.15, 0.2) is 18.2 Å². The summed E-state index contributed by atoms with van der Waals surface area (Å²) in [6.07, 6.45) is 1.94. The van der Waals surface area contributed by atoms with Crippen molar-refractivity contribution in [2.45, 2.75) is 25.8 Å². The maximum Gasteiger partial charge on any atom is 0.126 e. The second-order valence-corrected chi connectivity index (χ2v) is 3.94. The van der Waals surface area contributed by atoms with E-state index in [1.165, 1.54) is 5.56 Å². The Kier molecular flexibility index (Phi) is 2.55. The quantitative estimate of drug-likeness (QED) is 0.698. The SMILES string of the molecule is CCN(C)C1CCc2c(F)cccc21. The minimum Gasteiger partial charge on any atom is -0.300 e. The molecule has 1 aromatic rings. The zero-order valence-electron chi connectivity index (χ0n) is 8.76. The molecule has 0 heterocycles. The van der Waals surface area contributed by atoms with Crippen molar-refractivity contribution in [1.82, 2.24) is 4.90 Å². The lowest BCUT2D eigenvalue weighted by atomic mass is 10.1. The second-order valence-electron chi connectivity index (χ2n) is 3.94. The Labute approximate surface area is 84.5 Å². The molecule has 0 aliphatic heterocycles. The standard InChI is InChI=1S/C12H16FN/c1-3-14(2)12-8-7-9-10(12)5-4-6-11(9)13/h4-6,12H,3,7-8H2,1-2H3. The van der Waals surface area contributed by atoms with E-state index < -0.39 is 0 Å². The van der Waals surface area contributed by atoms with E-state index in [1.807, 2.05) is 6.07 Å². The summed E-state index contributed by atoms with van der Waals surface area (Å²) in [5, 5.41) is 0. The van der Waals surface area contributed by atoms with Crippen molar-refractivity contribution in [3.63, 3.8) is 0 Å². The number of fused-ring (bicyclic) bond motifs is 1. The average molecular weight is 193 g/mol. The van der Waals surface area contributed by atoms with Crippen LogP contribution in [0.4, 0.5) is 4.39 Å². The average Bonchev–Trinajstić information content (AvgIpc) is 2.62. The van der Waals surface area contributed by atoms with Crippen molar-refractivity contribution < 1.29 is 4.39 Å². The predicted molar refractivity (Wildman–Crippen MR) is 55.8 cm³/mol. The number of halogens is 1. The highest BCUT2D eigenvalue weighted by molar-refractivity contribution is 5.35. The van der Waals surface area contributed by atoms with E-state index in [-0.39, 0.29) is 5.82 Å². The minimum absolute atomic E-state index is 0.0329. The first-order valence-corrected chi connectivity index (χ1v) is 5.21. The molecule has 0 saturated carbocycles. The topological polar surface area (TPSA) is 3.24 Å². The van der Waals surface area contributed by atoms with Gasteiger partial charge in [0.1, 0.15) is 5.82 Å². The highest BCUT2D eigenvalue weighted by Gasteiger charge is 2.26. The third kappa shape index (κ3) is 1.44. The minimum atomic E-state index is -0.0329. The molecule has 0 N–H and O–H groups in total. The van der Waals surface area contributed by atoms with Crippen LogP contribution in [-0.2, 0) is 6.42 Å². The fraction of sp³-hybridized carbons (Fsp3) is 0.500. The van der Waals surface area contributed by atoms with Gasteiger partial charge in [-0.25, -0.2) is 4.39 Å². The van der Waals surface area contributed by atoms with E-state index >= 15 is 0 Å². The Morgan fingerprint density at radius 3 is 3.00 bits per heavy atom. The van der Waals surface area contributed by atoms with Gasteiger partial charge in [-0.15, -0.1) is 0 Å². The monoisotopic (exact) mass is 193 g/mol. The van der Waals surface area contributed by atoms with Crippen LogP contribution < -0.4 is 0 Å². The van der Waals surface area contributed by atoms with Gasteiger partial charge in [-0.2, -0.15) is 0 Å². The number of rotatable bonds is 2. The molecular weight excluding hydrogens is 177 g/mol. The Hall–Kier alpha value is -0.890. The molecule has 14 heavy (non-hydrogen) atoms. The molecule has 0 saturated heterocycles. The lowest BCUT2D eigenvalue weighted by Crippen LogP contribution is -2.22. The maximum absolute atomic E-state index is 13.4. The molecule has 1 nitrogen and oxygen atoms in total. The summed E-state index contributed by atoms with van der Waals surface area (Å²) in [6, 6.07) is 5.86. The Balaban J connectivity index is 2.35. The molecule has 0 fully saturated rings. The molecule has 0 spiro atoms. The number of nitrogens with zero attached hydrogens (tertiary/aromatic N) is 1. The summed E-state index contributed by atoms with van der Waals surface area (Å²) in [5.41, 5.74) is 2.12. The molecule has 76 valence electrons. The molecular formula is C12H16FN. The van der Waals surface area contributed by atoms with Crippen LogP contribution in [0, 0.1) is 5.82 Å². The van der Waals surface area contributed by atoms with Crippen molar-refractivity contribution in [1.29, 1.82) is 0 Å². The number of benzene rings is 1. The van der Waals surface area contributed by atoms with E-state index in [9.17, 15) is 4.39 Å². The summed E-state index contributed by atoms with van der Waals surface area (Å²) in [5.74, 6) is -0.0329. The van der Waals surface area contributed by atoms with Gasteiger partial charge in [0.25, 0.3) is 0 Å². The molecule has 2 rings (SSSR count). The van der Waals surface area contributed by atoms with Crippen LogP contribution >= 0.6 is 0 Å². The number of hydrogen-bond acceptors (Lipinski definition) is 1. The van der Waals surface area contributed by atoms with Crippen molar-refractivity contribution in [3.05, 3.63) is 35.1 Å². The zero-order valence-corrected chi connectivity index (χ0v) is 8.76.